The highest BCUT2D eigenvalue weighted by Gasteiger charge is 2.08. The van der Waals surface area contributed by atoms with E-state index in [9.17, 15) is 4.79 Å². The van der Waals surface area contributed by atoms with E-state index < -0.39 is 5.91 Å². The molecule has 1 amide bonds. The summed E-state index contributed by atoms with van der Waals surface area (Å²) >= 11 is 1.56. The van der Waals surface area contributed by atoms with Crippen LogP contribution in [0, 0.1) is 0 Å². The molecule has 0 atom stereocenters. The third-order valence-corrected chi connectivity index (χ3v) is 3.12. The summed E-state index contributed by atoms with van der Waals surface area (Å²) in [5.74, 6) is -0.467. The zero-order valence-electron chi connectivity index (χ0n) is 9.72. The summed E-state index contributed by atoms with van der Waals surface area (Å²) in [4.78, 5) is 15.4. The lowest BCUT2D eigenvalue weighted by Crippen LogP contribution is -2.15. The Morgan fingerprint density at radius 2 is 2.28 bits per heavy atom. The van der Waals surface area contributed by atoms with E-state index in [-0.39, 0.29) is 0 Å². The molecular weight excluding hydrogens is 248 g/mol. The minimum Gasteiger partial charge on any atom is -0.399 e. The maximum absolute atomic E-state index is 11.3. The van der Waals surface area contributed by atoms with Crippen LogP contribution in [-0.4, -0.2) is 17.4 Å². The quantitative estimate of drug-likeness (QED) is 0.711. The number of carbonyl (C=O) groups is 1. The predicted molar refractivity (Wildman–Crippen MR) is 73.7 cm³/mol. The van der Waals surface area contributed by atoms with E-state index in [1.165, 1.54) is 0 Å². The number of hydrogen-bond donors (Lipinski definition) is 3. The monoisotopic (exact) mass is 262 g/mol. The molecule has 0 spiro atoms. The second-order valence-corrected chi connectivity index (χ2v) is 4.54. The molecule has 0 unspecified atom stereocenters. The first-order valence-electron chi connectivity index (χ1n) is 5.47. The maximum atomic E-state index is 11.3. The van der Waals surface area contributed by atoms with Gasteiger partial charge in [0.1, 0.15) is 0 Å². The SMILES string of the molecule is NC(=O)c1ccc(N)cc1NCCc1cscn1. The summed E-state index contributed by atoms with van der Waals surface area (Å²) in [7, 11) is 0. The van der Waals surface area contributed by atoms with E-state index in [4.69, 9.17) is 11.5 Å². The van der Waals surface area contributed by atoms with E-state index in [1.807, 2.05) is 5.38 Å². The van der Waals surface area contributed by atoms with Crippen molar-refractivity contribution < 1.29 is 4.79 Å². The van der Waals surface area contributed by atoms with Gasteiger partial charge in [-0.25, -0.2) is 4.98 Å². The van der Waals surface area contributed by atoms with E-state index >= 15 is 0 Å². The lowest BCUT2D eigenvalue weighted by molar-refractivity contribution is 0.100. The Kier molecular flexibility index (Phi) is 3.78. The second kappa shape index (κ2) is 5.50. The van der Waals surface area contributed by atoms with Gasteiger partial charge in [0.2, 0.25) is 0 Å². The average Bonchev–Trinajstić information content (AvgIpc) is 2.82. The van der Waals surface area contributed by atoms with Crippen LogP contribution in [0.1, 0.15) is 16.1 Å². The molecule has 94 valence electrons. The van der Waals surface area contributed by atoms with Gasteiger partial charge in [-0.05, 0) is 18.2 Å². The molecule has 2 rings (SSSR count). The molecule has 1 aromatic carbocycles. The van der Waals surface area contributed by atoms with Gasteiger partial charge >= 0.3 is 0 Å². The lowest BCUT2D eigenvalue weighted by Gasteiger charge is -2.10. The largest absolute Gasteiger partial charge is 0.399 e. The van der Waals surface area contributed by atoms with Crippen molar-refractivity contribution in [2.24, 2.45) is 5.73 Å². The molecule has 18 heavy (non-hydrogen) atoms. The number of aromatic nitrogens is 1. The van der Waals surface area contributed by atoms with Crippen LogP contribution < -0.4 is 16.8 Å². The van der Waals surface area contributed by atoms with Gasteiger partial charge in [-0.2, -0.15) is 0 Å². The molecule has 0 radical (unpaired) electrons. The Labute approximate surface area is 109 Å². The number of nitrogens with two attached hydrogens (primary N) is 2. The number of amides is 1. The van der Waals surface area contributed by atoms with Crippen LogP contribution in [0.15, 0.2) is 29.1 Å². The van der Waals surface area contributed by atoms with Gasteiger partial charge < -0.3 is 16.8 Å². The van der Waals surface area contributed by atoms with Crippen LogP contribution in [-0.2, 0) is 6.42 Å². The van der Waals surface area contributed by atoms with Gasteiger partial charge in [0, 0.05) is 29.7 Å². The van der Waals surface area contributed by atoms with Crippen molar-refractivity contribution >= 4 is 28.6 Å². The molecule has 0 aliphatic rings. The fourth-order valence-corrected chi connectivity index (χ4v) is 2.20. The summed E-state index contributed by atoms with van der Waals surface area (Å²) < 4.78 is 0. The van der Waals surface area contributed by atoms with Gasteiger partial charge in [-0.15, -0.1) is 11.3 Å². The van der Waals surface area contributed by atoms with Crippen molar-refractivity contribution in [2.75, 3.05) is 17.6 Å². The number of primary amides is 1. The Morgan fingerprint density at radius 3 is 2.94 bits per heavy atom. The van der Waals surface area contributed by atoms with Crippen LogP contribution in [0.4, 0.5) is 11.4 Å². The van der Waals surface area contributed by atoms with Gasteiger partial charge in [-0.1, -0.05) is 0 Å². The molecule has 0 bridgehead atoms. The molecule has 0 fully saturated rings. The van der Waals surface area contributed by atoms with Crippen LogP contribution >= 0.6 is 11.3 Å². The van der Waals surface area contributed by atoms with Crippen molar-refractivity contribution in [3.63, 3.8) is 0 Å². The molecule has 5 N–H and O–H groups in total. The molecule has 0 saturated heterocycles. The molecule has 5 nitrogen and oxygen atoms in total. The van der Waals surface area contributed by atoms with Gasteiger partial charge in [0.05, 0.1) is 16.8 Å². The Bertz CT molecular complexity index is 539. The number of nitrogen functional groups attached to an aromatic ring is 1. The van der Waals surface area contributed by atoms with Crippen molar-refractivity contribution in [3.05, 3.63) is 40.3 Å². The number of nitrogens with one attached hydrogen (secondary N) is 1. The standard InChI is InChI=1S/C12H14N4OS/c13-8-1-2-10(12(14)17)11(5-8)15-4-3-9-6-18-7-16-9/h1-2,5-7,15H,3-4,13H2,(H2,14,17). The van der Waals surface area contributed by atoms with Crippen LogP contribution in [0.5, 0.6) is 0 Å². The van der Waals surface area contributed by atoms with Crippen LogP contribution in [0.25, 0.3) is 0 Å². The zero-order valence-corrected chi connectivity index (χ0v) is 10.5. The number of benzene rings is 1. The smallest absolute Gasteiger partial charge is 0.250 e. The number of nitrogens with zero attached hydrogens (tertiary/aromatic N) is 1. The van der Waals surface area contributed by atoms with E-state index in [0.29, 0.717) is 23.5 Å². The summed E-state index contributed by atoms with van der Waals surface area (Å²) in [5.41, 5.74) is 15.5. The molecule has 1 aromatic heterocycles. The highest BCUT2D eigenvalue weighted by Crippen LogP contribution is 2.18. The summed E-state index contributed by atoms with van der Waals surface area (Å²) in [6.45, 7) is 0.674. The van der Waals surface area contributed by atoms with Crippen molar-refractivity contribution in [2.45, 2.75) is 6.42 Å². The highest BCUT2D eigenvalue weighted by atomic mass is 32.1. The number of thiazole rings is 1. The van der Waals surface area contributed by atoms with E-state index in [2.05, 4.69) is 10.3 Å². The summed E-state index contributed by atoms with van der Waals surface area (Å²) in [5, 5.41) is 5.15. The van der Waals surface area contributed by atoms with Crippen LogP contribution in [0.2, 0.25) is 0 Å². The Morgan fingerprint density at radius 1 is 1.44 bits per heavy atom. The van der Waals surface area contributed by atoms with Crippen LogP contribution in [0.3, 0.4) is 0 Å². The first kappa shape index (κ1) is 12.4. The van der Waals surface area contributed by atoms with E-state index in [1.54, 1.807) is 35.0 Å². The Hall–Kier alpha value is -2.08. The summed E-state index contributed by atoms with van der Waals surface area (Å²) in [6, 6.07) is 5.00. The lowest BCUT2D eigenvalue weighted by atomic mass is 10.1. The molecule has 0 aliphatic heterocycles. The molecule has 0 aliphatic carbocycles. The third kappa shape index (κ3) is 2.98. The maximum Gasteiger partial charge on any atom is 0.250 e. The van der Waals surface area contributed by atoms with Gasteiger partial charge in [-0.3, -0.25) is 4.79 Å². The average molecular weight is 262 g/mol. The third-order valence-electron chi connectivity index (χ3n) is 2.49. The second-order valence-electron chi connectivity index (χ2n) is 3.83. The fraction of sp³-hybridized carbons (Fsp3) is 0.167. The predicted octanol–water partition coefficient (Wildman–Crippen LogP) is 1.48. The Balaban J connectivity index is 2.03. The van der Waals surface area contributed by atoms with Crippen molar-refractivity contribution in [1.29, 1.82) is 0 Å². The number of anilines is 2. The first-order valence-corrected chi connectivity index (χ1v) is 6.41. The summed E-state index contributed by atoms with van der Waals surface area (Å²) in [6.07, 6.45) is 0.788. The van der Waals surface area contributed by atoms with Crippen molar-refractivity contribution in [1.82, 2.24) is 4.98 Å². The molecule has 6 heteroatoms. The number of hydrogen-bond acceptors (Lipinski definition) is 5. The number of carbonyl (C=O) groups excluding carboxylic acids is 1. The normalized spacial score (nSPS) is 10.2. The molecule has 0 saturated carbocycles. The van der Waals surface area contributed by atoms with E-state index in [0.717, 1.165) is 12.1 Å². The molecule has 1 heterocycles. The first-order chi connectivity index (χ1) is 8.66. The molecule has 2 aromatic rings. The minimum absolute atomic E-state index is 0.447. The van der Waals surface area contributed by atoms with Gasteiger partial charge in [0.25, 0.3) is 5.91 Å². The number of rotatable bonds is 5. The molecular formula is C12H14N4OS. The zero-order chi connectivity index (χ0) is 13.0. The van der Waals surface area contributed by atoms with Crippen molar-refractivity contribution in [3.8, 4) is 0 Å². The minimum atomic E-state index is -0.467. The highest BCUT2D eigenvalue weighted by molar-refractivity contribution is 7.07. The topological polar surface area (TPSA) is 94.0 Å². The fourth-order valence-electron chi connectivity index (χ4n) is 1.61. The van der Waals surface area contributed by atoms with Gasteiger partial charge in [0.15, 0.2) is 0 Å².